The first-order valence-corrected chi connectivity index (χ1v) is 16.0. The van der Waals surface area contributed by atoms with Gasteiger partial charge >= 0.3 is 0 Å². The van der Waals surface area contributed by atoms with E-state index >= 15 is 0 Å². The molecule has 6 rings (SSSR count). The van der Waals surface area contributed by atoms with Crippen molar-refractivity contribution in [2.45, 2.75) is 38.1 Å². The van der Waals surface area contributed by atoms with E-state index in [1.807, 2.05) is 40.9 Å². The number of likely N-dealkylation sites (tertiary alicyclic amines) is 2. The highest BCUT2D eigenvalue weighted by Gasteiger charge is 2.30. The first kappa shape index (κ1) is 29.4. The number of nitrogens with one attached hydrogen (secondary N) is 1. The number of rotatable bonds is 8. The molecule has 0 spiro atoms. The molecule has 2 aliphatic heterocycles. The highest BCUT2D eigenvalue weighted by molar-refractivity contribution is 7.76. The molecule has 0 bridgehead atoms. The normalized spacial score (nSPS) is 17.9. The molecule has 2 saturated heterocycles. The van der Waals surface area contributed by atoms with E-state index in [1.54, 1.807) is 13.2 Å². The Balaban J connectivity index is 1.11. The van der Waals surface area contributed by atoms with Crippen molar-refractivity contribution in [2.75, 3.05) is 45.6 Å². The van der Waals surface area contributed by atoms with Crippen LogP contribution in [-0.4, -0.2) is 83.6 Å². The minimum Gasteiger partial charge on any atom is -0.342 e. The Bertz CT molecular complexity index is 1590. The Labute approximate surface area is 255 Å². The Morgan fingerprint density at radius 2 is 1.72 bits per heavy atom. The van der Waals surface area contributed by atoms with E-state index in [1.165, 1.54) is 9.87 Å². The molecular formula is C32H39N7O3S. The topological polar surface area (TPSA) is 106 Å². The van der Waals surface area contributed by atoms with Crippen molar-refractivity contribution in [1.29, 1.82) is 0 Å². The van der Waals surface area contributed by atoms with Crippen LogP contribution in [0, 0.1) is 5.92 Å². The van der Waals surface area contributed by atoms with Crippen molar-refractivity contribution in [3.63, 3.8) is 0 Å². The van der Waals surface area contributed by atoms with Gasteiger partial charge in [0.1, 0.15) is 0 Å². The summed E-state index contributed by atoms with van der Waals surface area (Å²) in [6, 6.07) is 20.2. The van der Waals surface area contributed by atoms with Crippen LogP contribution in [-0.2, 0) is 22.6 Å². The van der Waals surface area contributed by atoms with Gasteiger partial charge in [-0.1, -0.05) is 36.4 Å². The summed E-state index contributed by atoms with van der Waals surface area (Å²) in [7, 11) is 3.74. The zero-order valence-corrected chi connectivity index (χ0v) is 25.5. The lowest BCUT2D eigenvalue weighted by Crippen LogP contribution is -2.44. The largest absolute Gasteiger partial charge is 0.342 e. The highest BCUT2D eigenvalue weighted by atomic mass is 32.2. The molecule has 1 atom stereocenters. The maximum absolute atomic E-state index is 13.0. The number of anilines is 2. The number of hydrogen-bond acceptors (Lipinski definition) is 6. The van der Waals surface area contributed by atoms with Gasteiger partial charge in [0, 0.05) is 43.9 Å². The van der Waals surface area contributed by atoms with Crippen LogP contribution in [0.15, 0.2) is 66.9 Å². The number of amides is 1. The molecule has 0 radical (unpaired) electrons. The van der Waals surface area contributed by atoms with Crippen LogP contribution < -0.4 is 5.32 Å². The molecule has 10 nitrogen and oxygen atoms in total. The fourth-order valence-corrected chi connectivity index (χ4v) is 6.53. The van der Waals surface area contributed by atoms with Gasteiger partial charge < -0.3 is 15.1 Å². The average molecular weight is 602 g/mol. The summed E-state index contributed by atoms with van der Waals surface area (Å²) < 4.78 is 24.2. The maximum atomic E-state index is 13.0. The number of nitrogens with zero attached hydrogens (tertiary/aromatic N) is 6. The second-order valence-corrected chi connectivity index (χ2v) is 12.8. The van der Waals surface area contributed by atoms with Crippen LogP contribution in [0.1, 0.15) is 42.7 Å². The van der Waals surface area contributed by atoms with E-state index in [9.17, 15) is 13.6 Å². The Kier molecular flexibility index (Phi) is 8.85. The van der Waals surface area contributed by atoms with Crippen LogP contribution in [0.4, 0.5) is 11.6 Å². The lowest BCUT2D eigenvalue weighted by atomic mass is 9.88. The van der Waals surface area contributed by atoms with Gasteiger partial charge in [0.25, 0.3) is 0 Å². The monoisotopic (exact) mass is 601 g/mol. The number of piperidine rings is 2. The average Bonchev–Trinajstić information content (AvgIpc) is 3.45. The van der Waals surface area contributed by atoms with Gasteiger partial charge in [-0.05, 0) is 87.1 Å². The second kappa shape index (κ2) is 12.9. The van der Waals surface area contributed by atoms with E-state index < -0.39 is 11.3 Å². The molecule has 2 aromatic carbocycles. The summed E-state index contributed by atoms with van der Waals surface area (Å²) in [6.45, 7) is 4.02. The SMILES string of the molecule is CN1CCC(C(=O)N2CCC(c3ccc(Nc4ncc5ccc(-c6ccccc6CN(C)S(=O)O)n5n4)cc3)CC2)CC1. The highest BCUT2D eigenvalue weighted by Crippen LogP contribution is 2.31. The maximum Gasteiger partial charge on any atom is 0.245 e. The fraction of sp³-hybridized carbons (Fsp3) is 0.406. The van der Waals surface area contributed by atoms with Gasteiger partial charge in [0.15, 0.2) is 0 Å². The molecule has 4 aromatic rings. The number of fused-ring (bicyclic) bond motifs is 1. The first-order valence-electron chi connectivity index (χ1n) is 14.9. The quantitative estimate of drug-likeness (QED) is 0.281. The van der Waals surface area contributed by atoms with E-state index in [2.05, 4.69) is 51.4 Å². The molecule has 0 aliphatic carbocycles. The molecule has 226 valence electrons. The minimum absolute atomic E-state index is 0.191. The molecule has 1 unspecified atom stereocenters. The van der Waals surface area contributed by atoms with Crippen LogP contribution in [0.3, 0.4) is 0 Å². The lowest BCUT2D eigenvalue weighted by Gasteiger charge is -2.36. The van der Waals surface area contributed by atoms with Crippen LogP contribution in [0.5, 0.6) is 0 Å². The summed E-state index contributed by atoms with van der Waals surface area (Å²) in [5, 5.41) is 8.11. The molecule has 2 N–H and O–H groups in total. The van der Waals surface area contributed by atoms with Gasteiger partial charge in [-0.2, -0.15) is 4.31 Å². The van der Waals surface area contributed by atoms with Gasteiger partial charge in [-0.25, -0.2) is 13.7 Å². The number of carbonyl (C=O) groups excluding carboxylic acids is 1. The lowest BCUT2D eigenvalue weighted by molar-refractivity contribution is -0.138. The van der Waals surface area contributed by atoms with Crippen molar-refractivity contribution in [3.05, 3.63) is 78.0 Å². The van der Waals surface area contributed by atoms with Crippen LogP contribution >= 0.6 is 0 Å². The second-order valence-electron chi connectivity index (χ2n) is 11.7. The van der Waals surface area contributed by atoms with Crippen LogP contribution in [0.2, 0.25) is 0 Å². The fourth-order valence-electron chi connectivity index (χ4n) is 6.28. The number of hydrogen-bond donors (Lipinski definition) is 2. The third kappa shape index (κ3) is 6.65. The van der Waals surface area contributed by atoms with E-state index in [0.717, 1.165) is 79.9 Å². The van der Waals surface area contributed by atoms with Gasteiger partial charge in [0.05, 0.1) is 17.4 Å². The Morgan fingerprint density at radius 3 is 2.44 bits per heavy atom. The standard InChI is InChI=1S/C32H39N7O3S/c1-36-17-13-25(14-18-36)31(40)38-19-15-24(16-20-38)23-7-9-27(10-8-23)34-32-33-21-28-11-12-30(39(28)35-32)29-6-4-3-5-26(29)22-37(2)43(41)42/h3-12,21,24-25H,13-20,22H2,1-2H3,(H,34,35)(H,41,42). The van der Waals surface area contributed by atoms with Crippen LogP contribution in [0.25, 0.3) is 16.8 Å². The molecule has 2 fully saturated rings. The molecule has 4 heterocycles. The summed E-state index contributed by atoms with van der Waals surface area (Å²) >= 11 is -2.05. The summed E-state index contributed by atoms with van der Waals surface area (Å²) in [6.07, 6.45) is 5.72. The predicted octanol–water partition coefficient (Wildman–Crippen LogP) is 4.76. The van der Waals surface area contributed by atoms with Crippen molar-refractivity contribution < 1.29 is 13.6 Å². The third-order valence-corrected chi connectivity index (χ3v) is 9.53. The Hall–Kier alpha value is -3.64. The van der Waals surface area contributed by atoms with Crippen molar-refractivity contribution in [3.8, 4) is 11.3 Å². The van der Waals surface area contributed by atoms with E-state index in [4.69, 9.17) is 5.10 Å². The molecule has 43 heavy (non-hydrogen) atoms. The zero-order chi connectivity index (χ0) is 29.9. The number of aromatic nitrogens is 3. The molecule has 0 saturated carbocycles. The Morgan fingerprint density at radius 1 is 1.00 bits per heavy atom. The molecule has 2 aromatic heterocycles. The number of benzene rings is 2. The minimum atomic E-state index is -2.05. The van der Waals surface area contributed by atoms with Gasteiger partial charge in [-0.3, -0.25) is 9.35 Å². The van der Waals surface area contributed by atoms with Crippen molar-refractivity contribution in [1.82, 2.24) is 28.7 Å². The van der Waals surface area contributed by atoms with Gasteiger partial charge in [-0.15, -0.1) is 5.10 Å². The third-order valence-electron chi connectivity index (χ3n) is 8.86. The van der Waals surface area contributed by atoms with Gasteiger partial charge in [0.2, 0.25) is 23.1 Å². The molecule has 11 heteroatoms. The predicted molar refractivity (Wildman–Crippen MR) is 169 cm³/mol. The molecular weight excluding hydrogens is 562 g/mol. The van der Waals surface area contributed by atoms with Crippen molar-refractivity contribution in [2.24, 2.45) is 5.92 Å². The van der Waals surface area contributed by atoms with Crippen molar-refractivity contribution >= 4 is 34.3 Å². The first-order chi connectivity index (χ1) is 20.9. The summed E-state index contributed by atoms with van der Waals surface area (Å²) in [5.74, 6) is 1.47. The zero-order valence-electron chi connectivity index (χ0n) is 24.7. The smallest absolute Gasteiger partial charge is 0.245 e. The van der Waals surface area contributed by atoms with E-state index in [0.29, 0.717) is 24.3 Å². The summed E-state index contributed by atoms with van der Waals surface area (Å²) in [5.41, 5.74) is 5.79. The molecule has 2 aliphatic rings. The molecule has 1 amide bonds. The number of carbonyl (C=O) groups is 1. The van der Waals surface area contributed by atoms with E-state index in [-0.39, 0.29) is 5.92 Å². The summed E-state index contributed by atoms with van der Waals surface area (Å²) in [4.78, 5) is 22.0.